The van der Waals surface area contributed by atoms with Crippen LogP contribution in [0, 0.1) is 0 Å². The minimum atomic E-state index is -1.26. The van der Waals surface area contributed by atoms with Crippen molar-refractivity contribution in [3.63, 3.8) is 0 Å². The number of ether oxygens (including phenoxy) is 4. The van der Waals surface area contributed by atoms with Crippen molar-refractivity contribution in [2.45, 2.75) is 17.7 Å². The Morgan fingerprint density at radius 3 is 2.16 bits per heavy atom. The van der Waals surface area contributed by atoms with Gasteiger partial charge in [-0.2, -0.15) is 0 Å². The molecule has 12 heteroatoms. The third kappa shape index (κ3) is 10.9. The Kier molecular flexibility index (Phi) is 13.4. The van der Waals surface area contributed by atoms with Gasteiger partial charge in [-0.05, 0) is 73.4 Å². The number of amides is 1. The minimum absolute atomic E-state index is 0.0217. The van der Waals surface area contributed by atoms with Crippen LogP contribution >= 0.6 is 11.9 Å². The Morgan fingerprint density at radius 1 is 0.864 bits per heavy atom. The summed E-state index contributed by atoms with van der Waals surface area (Å²) in [4.78, 5) is 35.3. The Balaban J connectivity index is 0.000000583. The highest BCUT2D eigenvalue weighted by atomic mass is 32.2. The summed E-state index contributed by atoms with van der Waals surface area (Å²) < 4.78 is 24.2. The second-order valence-electron chi connectivity index (χ2n) is 9.44. The Labute approximate surface area is 260 Å². The van der Waals surface area contributed by atoms with Gasteiger partial charge in [0.25, 0.3) is 0 Å². The van der Waals surface area contributed by atoms with E-state index in [0.29, 0.717) is 49.0 Å². The van der Waals surface area contributed by atoms with Crippen molar-refractivity contribution in [3.05, 3.63) is 84.4 Å². The quantitative estimate of drug-likeness (QED) is 0.146. The number of aliphatic carboxylic acids is 2. The zero-order valence-electron chi connectivity index (χ0n) is 24.8. The molecule has 11 nitrogen and oxygen atoms in total. The number of rotatable bonds is 14. The van der Waals surface area contributed by atoms with E-state index in [-0.39, 0.29) is 5.91 Å². The van der Waals surface area contributed by atoms with Gasteiger partial charge in [0.2, 0.25) is 5.91 Å². The molecule has 0 atom stereocenters. The maximum absolute atomic E-state index is 12.9. The van der Waals surface area contributed by atoms with Gasteiger partial charge in [0.15, 0.2) is 0 Å². The fourth-order valence-electron chi connectivity index (χ4n) is 3.97. The molecule has 0 saturated heterocycles. The number of carbonyl (C=O) groups is 3. The first-order chi connectivity index (χ1) is 21.2. The number of carbonyl (C=O) groups excluding carboxylic acids is 1. The van der Waals surface area contributed by atoms with Crippen molar-refractivity contribution in [1.29, 1.82) is 0 Å². The van der Waals surface area contributed by atoms with Crippen LogP contribution in [0.2, 0.25) is 0 Å². The number of anilines is 1. The molecule has 0 aromatic heterocycles. The van der Waals surface area contributed by atoms with Crippen LogP contribution in [0.4, 0.5) is 5.69 Å². The number of fused-ring (bicyclic) bond motifs is 1. The Hall–Kier alpha value is -4.68. The van der Waals surface area contributed by atoms with Gasteiger partial charge in [0, 0.05) is 36.2 Å². The van der Waals surface area contributed by atoms with E-state index in [1.165, 1.54) is 11.9 Å². The molecule has 0 fully saturated rings. The molecule has 0 saturated carbocycles. The molecule has 4 rings (SSSR count). The summed E-state index contributed by atoms with van der Waals surface area (Å²) in [7, 11) is 5.33. The zero-order chi connectivity index (χ0) is 31.9. The van der Waals surface area contributed by atoms with Crippen LogP contribution in [0.1, 0.15) is 12.0 Å². The van der Waals surface area contributed by atoms with Crippen LogP contribution in [0.5, 0.6) is 23.0 Å². The van der Waals surface area contributed by atoms with Gasteiger partial charge < -0.3 is 34.1 Å². The van der Waals surface area contributed by atoms with Crippen molar-refractivity contribution >= 4 is 35.5 Å². The summed E-state index contributed by atoms with van der Waals surface area (Å²) in [6, 6.07) is 21.2. The molecule has 0 bridgehead atoms. The van der Waals surface area contributed by atoms with E-state index < -0.39 is 11.9 Å². The van der Waals surface area contributed by atoms with Crippen LogP contribution in [-0.4, -0.2) is 80.5 Å². The Morgan fingerprint density at radius 2 is 1.50 bits per heavy atom. The van der Waals surface area contributed by atoms with Crippen LogP contribution in [-0.2, 0) is 20.8 Å². The monoisotopic (exact) mass is 624 g/mol. The molecule has 1 amide bonds. The number of carboxylic acid groups (broad SMARTS) is 2. The van der Waals surface area contributed by atoms with E-state index in [1.54, 1.807) is 18.5 Å². The highest BCUT2D eigenvalue weighted by Crippen LogP contribution is 2.42. The average Bonchev–Trinajstić information content (AvgIpc) is 3.02. The van der Waals surface area contributed by atoms with E-state index in [0.717, 1.165) is 41.5 Å². The lowest BCUT2D eigenvalue weighted by Crippen LogP contribution is -2.30. The number of benzene rings is 3. The molecule has 1 aliphatic heterocycles. The largest absolute Gasteiger partial charge is 0.497 e. The molecule has 234 valence electrons. The number of hydrogen-bond donors (Lipinski definition) is 2. The summed E-state index contributed by atoms with van der Waals surface area (Å²) in [5.41, 5.74) is 1.76. The molecule has 0 unspecified atom stereocenters. The van der Waals surface area contributed by atoms with Gasteiger partial charge >= 0.3 is 11.9 Å². The van der Waals surface area contributed by atoms with E-state index in [2.05, 4.69) is 11.9 Å². The third-order valence-electron chi connectivity index (χ3n) is 6.23. The predicted octanol–water partition coefficient (Wildman–Crippen LogP) is 4.79. The van der Waals surface area contributed by atoms with Gasteiger partial charge in [-0.1, -0.05) is 18.2 Å². The average molecular weight is 625 g/mol. The molecular formula is C32H36N2O9S. The smallest absolute Gasteiger partial charge is 0.328 e. The molecule has 44 heavy (non-hydrogen) atoms. The summed E-state index contributed by atoms with van der Waals surface area (Å²) in [5.74, 6) is 0.496. The number of hydrogen-bond acceptors (Lipinski definition) is 9. The lowest BCUT2D eigenvalue weighted by atomic mass is 10.1. The second kappa shape index (κ2) is 17.4. The third-order valence-corrected chi connectivity index (χ3v) is 7.40. The molecule has 3 aromatic carbocycles. The van der Waals surface area contributed by atoms with E-state index >= 15 is 0 Å². The van der Waals surface area contributed by atoms with Gasteiger partial charge in [0.05, 0.1) is 27.2 Å². The van der Waals surface area contributed by atoms with Gasteiger partial charge in [0.1, 0.15) is 35.3 Å². The molecular weight excluding hydrogens is 588 g/mol. The molecule has 0 aliphatic carbocycles. The van der Waals surface area contributed by atoms with Gasteiger partial charge in [-0.3, -0.25) is 4.79 Å². The summed E-state index contributed by atoms with van der Waals surface area (Å²) in [6.45, 7) is 2.80. The second-order valence-corrected chi connectivity index (χ2v) is 10.4. The van der Waals surface area contributed by atoms with Gasteiger partial charge in [-0.25, -0.2) is 13.9 Å². The lowest BCUT2D eigenvalue weighted by molar-refractivity contribution is -0.134. The maximum atomic E-state index is 12.9. The van der Waals surface area contributed by atoms with Crippen molar-refractivity contribution < 1.29 is 43.5 Å². The first-order valence-corrected chi connectivity index (χ1v) is 14.5. The standard InChI is InChI=1S/C28H32N2O5S.C4H4O4/c1-29(16-18-34-23-11-9-22(32-2)10-12-23)15-6-17-35-26-14-13-24(33-3)20-25(26)30-28(31)19-21-7-4-5-8-27(21)36-30;5-3(6)1-2-4(7)8/h4-5,7-14,20H,6,15-19H2,1-3H3;1-2H,(H,5,6)(H,7,8). The summed E-state index contributed by atoms with van der Waals surface area (Å²) in [5, 5.41) is 15.6. The highest BCUT2D eigenvalue weighted by Gasteiger charge is 2.28. The lowest BCUT2D eigenvalue weighted by Gasteiger charge is -2.29. The number of methoxy groups -OCH3 is 2. The minimum Gasteiger partial charge on any atom is -0.497 e. The van der Waals surface area contributed by atoms with Crippen LogP contribution in [0.3, 0.4) is 0 Å². The molecule has 0 spiro atoms. The van der Waals surface area contributed by atoms with Crippen molar-refractivity contribution in [2.24, 2.45) is 0 Å². The van der Waals surface area contributed by atoms with Crippen LogP contribution in [0.15, 0.2) is 83.8 Å². The molecule has 2 N–H and O–H groups in total. The SMILES string of the molecule is COc1ccc(OCCN(C)CCCOc2ccc(OC)cc2N2Sc3ccccc3CC2=O)cc1.O=C(O)C=CC(=O)O. The van der Waals surface area contributed by atoms with E-state index in [9.17, 15) is 14.4 Å². The number of nitrogens with zero attached hydrogens (tertiary/aromatic N) is 2. The van der Waals surface area contributed by atoms with Crippen molar-refractivity contribution in [2.75, 3.05) is 51.9 Å². The summed E-state index contributed by atoms with van der Waals surface area (Å²) in [6.07, 6.45) is 2.32. The highest BCUT2D eigenvalue weighted by molar-refractivity contribution is 8.01. The fraction of sp³-hybridized carbons (Fsp3) is 0.281. The molecule has 0 radical (unpaired) electrons. The first kappa shape index (κ1) is 33.8. The normalized spacial score (nSPS) is 12.3. The van der Waals surface area contributed by atoms with Crippen molar-refractivity contribution in [1.82, 2.24) is 4.90 Å². The van der Waals surface area contributed by atoms with E-state index in [1.807, 2.05) is 66.7 Å². The predicted molar refractivity (Wildman–Crippen MR) is 167 cm³/mol. The van der Waals surface area contributed by atoms with E-state index in [4.69, 9.17) is 29.2 Å². The zero-order valence-corrected chi connectivity index (χ0v) is 25.6. The topological polar surface area (TPSA) is 135 Å². The fourth-order valence-corrected chi connectivity index (χ4v) is 4.97. The number of carboxylic acids is 2. The molecule has 1 heterocycles. The van der Waals surface area contributed by atoms with Crippen molar-refractivity contribution in [3.8, 4) is 23.0 Å². The van der Waals surface area contributed by atoms with Crippen LogP contribution < -0.4 is 23.3 Å². The maximum Gasteiger partial charge on any atom is 0.328 e. The molecule has 3 aromatic rings. The molecule has 1 aliphatic rings. The first-order valence-electron chi connectivity index (χ1n) is 13.7. The van der Waals surface area contributed by atoms with Crippen LogP contribution in [0.25, 0.3) is 0 Å². The van der Waals surface area contributed by atoms with Gasteiger partial charge in [-0.15, -0.1) is 0 Å². The summed E-state index contributed by atoms with van der Waals surface area (Å²) >= 11 is 1.42. The number of likely N-dealkylation sites (N-methyl/N-ethyl adjacent to an activating group) is 1. The Bertz CT molecular complexity index is 1410.